The quantitative estimate of drug-likeness (QED) is 0.614. The molecule has 2 aliphatic heterocycles. The summed E-state index contributed by atoms with van der Waals surface area (Å²) in [6.07, 6.45) is 0.241. The van der Waals surface area contributed by atoms with Crippen molar-refractivity contribution < 1.29 is 31.5 Å². The molecule has 2 aliphatic rings. The molecule has 2 fully saturated rings. The molecule has 2 heterocycles. The van der Waals surface area contributed by atoms with Crippen molar-refractivity contribution in [2.75, 3.05) is 13.2 Å². The molecule has 4 rings (SSSR count). The number of halogens is 2. The number of rotatable bonds is 7. The SMILES string of the molecule is C[C@H]1CC[C@H](c2ccccc2)S(=O)(=O)N1Cc1cc(F)c([C@@H](OC2CCOCC2)C(N)=O)cc1F. The van der Waals surface area contributed by atoms with Crippen molar-refractivity contribution >= 4 is 15.9 Å². The molecule has 7 nitrogen and oxygen atoms in total. The van der Waals surface area contributed by atoms with E-state index in [9.17, 15) is 13.2 Å². The standard InChI is InChI=1S/C25H30F2N2O5S/c1-16-7-8-23(17-5-3-2-4-6-17)35(31,32)29(16)15-18-13-22(27)20(14-21(18)26)24(25(28)30)34-19-9-11-33-12-10-19/h2-6,13-14,16,19,23-24H,7-12,15H2,1H3,(H2,28,30)/t16-,23+,24+/m0/s1. The molecule has 35 heavy (non-hydrogen) atoms. The molecule has 3 atom stereocenters. The van der Waals surface area contributed by atoms with Crippen LogP contribution in [0.25, 0.3) is 0 Å². The van der Waals surface area contributed by atoms with Gasteiger partial charge in [0.1, 0.15) is 16.9 Å². The summed E-state index contributed by atoms with van der Waals surface area (Å²) in [5.41, 5.74) is 5.69. The molecule has 0 saturated carbocycles. The van der Waals surface area contributed by atoms with E-state index >= 15 is 8.78 Å². The summed E-state index contributed by atoms with van der Waals surface area (Å²) in [6, 6.07) is 10.3. The van der Waals surface area contributed by atoms with Gasteiger partial charge < -0.3 is 15.2 Å². The van der Waals surface area contributed by atoms with Gasteiger partial charge >= 0.3 is 0 Å². The molecule has 1 amide bonds. The third kappa shape index (κ3) is 5.55. The second-order valence-corrected chi connectivity index (χ2v) is 11.2. The topological polar surface area (TPSA) is 98.9 Å². The van der Waals surface area contributed by atoms with Crippen LogP contribution in [0.2, 0.25) is 0 Å². The van der Waals surface area contributed by atoms with Crippen LogP contribution < -0.4 is 5.73 Å². The average Bonchev–Trinajstić information content (AvgIpc) is 2.83. The van der Waals surface area contributed by atoms with Gasteiger partial charge in [0.25, 0.3) is 5.91 Å². The zero-order valence-electron chi connectivity index (χ0n) is 19.5. The van der Waals surface area contributed by atoms with Crippen molar-refractivity contribution in [1.82, 2.24) is 4.31 Å². The average molecular weight is 509 g/mol. The maximum absolute atomic E-state index is 15.2. The Kier molecular flexibility index (Phi) is 7.85. The van der Waals surface area contributed by atoms with E-state index in [0.29, 0.717) is 44.5 Å². The lowest BCUT2D eigenvalue weighted by Crippen LogP contribution is -2.44. The fourth-order valence-electron chi connectivity index (χ4n) is 4.74. The zero-order chi connectivity index (χ0) is 25.2. The van der Waals surface area contributed by atoms with Gasteiger partial charge in [0, 0.05) is 36.9 Å². The number of sulfonamides is 1. The van der Waals surface area contributed by atoms with Gasteiger partial charge in [0.2, 0.25) is 10.0 Å². The lowest BCUT2D eigenvalue weighted by molar-refractivity contribution is -0.138. The highest BCUT2D eigenvalue weighted by Crippen LogP contribution is 2.38. The number of primary amides is 1. The summed E-state index contributed by atoms with van der Waals surface area (Å²) in [7, 11) is -3.82. The first-order valence-corrected chi connectivity index (χ1v) is 13.2. The molecule has 0 aliphatic carbocycles. The normalized spacial score (nSPS) is 24.2. The van der Waals surface area contributed by atoms with Gasteiger partial charge in [-0.25, -0.2) is 17.2 Å². The number of carbonyl (C=O) groups is 1. The van der Waals surface area contributed by atoms with Crippen molar-refractivity contribution in [2.45, 2.75) is 62.7 Å². The molecule has 2 aromatic rings. The number of nitrogens with two attached hydrogens (primary N) is 1. The lowest BCUT2D eigenvalue weighted by Gasteiger charge is -2.37. The van der Waals surface area contributed by atoms with Gasteiger partial charge in [-0.2, -0.15) is 4.31 Å². The highest BCUT2D eigenvalue weighted by atomic mass is 32.2. The van der Waals surface area contributed by atoms with Crippen LogP contribution in [0.1, 0.15) is 60.7 Å². The van der Waals surface area contributed by atoms with Crippen LogP contribution >= 0.6 is 0 Å². The first kappa shape index (κ1) is 25.7. The highest BCUT2D eigenvalue weighted by Gasteiger charge is 2.41. The summed E-state index contributed by atoms with van der Waals surface area (Å²) in [5, 5.41) is -0.751. The molecule has 0 unspecified atom stereocenters. The number of hydrogen-bond donors (Lipinski definition) is 1. The molecule has 0 spiro atoms. The fraction of sp³-hybridized carbons (Fsp3) is 0.480. The zero-order valence-corrected chi connectivity index (χ0v) is 20.3. The summed E-state index contributed by atoms with van der Waals surface area (Å²) in [5.74, 6) is -2.63. The fourth-order valence-corrected chi connectivity index (χ4v) is 6.93. The highest BCUT2D eigenvalue weighted by molar-refractivity contribution is 7.89. The summed E-state index contributed by atoms with van der Waals surface area (Å²) in [4.78, 5) is 12.0. The predicted octanol–water partition coefficient (Wildman–Crippen LogP) is 3.74. The van der Waals surface area contributed by atoms with E-state index in [1.807, 2.05) is 6.07 Å². The van der Waals surface area contributed by atoms with Crippen LogP contribution in [0.4, 0.5) is 8.78 Å². The van der Waals surface area contributed by atoms with E-state index in [4.69, 9.17) is 15.2 Å². The van der Waals surface area contributed by atoms with Crippen molar-refractivity contribution in [3.63, 3.8) is 0 Å². The molecule has 0 aromatic heterocycles. The van der Waals surface area contributed by atoms with E-state index in [-0.39, 0.29) is 29.8 Å². The molecule has 10 heteroatoms. The van der Waals surface area contributed by atoms with Gasteiger partial charge in [-0.3, -0.25) is 4.79 Å². The molecule has 2 aromatic carbocycles. The molecular weight excluding hydrogens is 478 g/mol. The van der Waals surface area contributed by atoms with Crippen molar-refractivity contribution in [3.05, 3.63) is 70.8 Å². The first-order chi connectivity index (χ1) is 16.7. The van der Waals surface area contributed by atoms with Crippen molar-refractivity contribution in [3.8, 4) is 0 Å². The van der Waals surface area contributed by atoms with Crippen LogP contribution in [-0.2, 0) is 30.8 Å². The minimum Gasteiger partial charge on any atom is -0.381 e. The number of carbonyl (C=O) groups excluding carboxylic acids is 1. The Morgan fingerprint density at radius 1 is 1.11 bits per heavy atom. The molecule has 0 bridgehead atoms. The van der Waals surface area contributed by atoms with Crippen LogP contribution in [0.5, 0.6) is 0 Å². The Morgan fingerprint density at radius 2 is 1.80 bits per heavy atom. The van der Waals surface area contributed by atoms with Crippen molar-refractivity contribution in [2.24, 2.45) is 5.73 Å². The second-order valence-electron chi connectivity index (χ2n) is 9.11. The third-order valence-electron chi connectivity index (χ3n) is 6.73. The lowest BCUT2D eigenvalue weighted by atomic mass is 10.0. The molecule has 190 valence electrons. The second kappa shape index (κ2) is 10.7. The Balaban J connectivity index is 1.59. The van der Waals surface area contributed by atoms with Gasteiger partial charge in [-0.15, -0.1) is 0 Å². The third-order valence-corrected chi connectivity index (χ3v) is 9.10. The Morgan fingerprint density at radius 3 is 2.46 bits per heavy atom. The van der Waals surface area contributed by atoms with Crippen LogP contribution in [0.15, 0.2) is 42.5 Å². The summed E-state index contributed by atoms with van der Waals surface area (Å²) in [6.45, 7) is 2.32. The minimum atomic E-state index is -3.82. The Bertz CT molecular complexity index is 1160. The van der Waals surface area contributed by atoms with Gasteiger partial charge in [0.15, 0.2) is 6.10 Å². The van der Waals surface area contributed by atoms with E-state index in [0.717, 1.165) is 12.1 Å². The molecule has 0 radical (unpaired) electrons. The van der Waals surface area contributed by atoms with Crippen LogP contribution in [-0.4, -0.2) is 44.0 Å². The first-order valence-electron chi connectivity index (χ1n) is 11.7. The number of ether oxygens (including phenoxy) is 2. The molecule has 2 N–H and O–H groups in total. The van der Waals surface area contributed by atoms with E-state index in [1.165, 1.54) is 4.31 Å². The van der Waals surface area contributed by atoms with Gasteiger partial charge in [0.05, 0.1) is 6.10 Å². The number of hydrogen-bond acceptors (Lipinski definition) is 5. The number of nitrogens with zero attached hydrogens (tertiary/aromatic N) is 1. The smallest absolute Gasteiger partial charge is 0.251 e. The Hall–Kier alpha value is -2.40. The van der Waals surface area contributed by atoms with Crippen LogP contribution in [0, 0.1) is 11.6 Å². The van der Waals surface area contributed by atoms with Gasteiger partial charge in [-0.1, -0.05) is 30.3 Å². The van der Waals surface area contributed by atoms with E-state index in [2.05, 4.69) is 0 Å². The van der Waals surface area contributed by atoms with Crippen molar-refractivity contribution in [1.29, 1.82) is 0 Å². The van der Waals surface area contributed by atoms with Crippen LogP contribution in [0.3, 0.4) is 0 Å². The monoisotopic (exact) mass is 508 g/mol. The largest absolute Gasteiger partial charge is 0.381 e. The maximum atomic E-state index is 15.2. The number of benzene rings is 2. The minimum absolute atomic E-state index is 0.121. The Labute approximate surface area is 204 Å². The molecule has 2 saturated heterocycles. The van der Waals surface area contributed by atoms with Gasteiger partial charge in [-0.05, 0) is 50.3 Å². The predicted molar refractivity (Wildman–Crippen MR) is 126 cm³/mol. The number of amides is 1. The molecular formula is C25H30F2N2O5S. The van der Waals surface area contributed by atoms with E-state index in [1.54, 1.807) is 31.2 Å². The van der Waals surface area contributed by atoms with E-state index < -0.39 is 38.9 Å². The maximum Gasteiger partial charge on any atom is 0.251 e. The summed E-state index contributed by atoms with van der Waals surface area (Å²) >= 11 is 0. The summed E-state index contributed by atoms with van der Waals surface area (Å²) < 4.78 is 69.4.